The van der Waals surface area contributed by atoms with Crippen LogP contribution in [0.5, 0.6) is 0 Å². The van der Waals surface area contributed by atoms with E-state index in [0.29, 0.717) is 31.2 Å². The molecule has 0 radical (unpaired) electrons. The predicted octanol–water partition coefficient (Wildman–Crippen LogP) is 4.58. The molecule has 1 saturated heterocycles. The maximum absolute atomic E-state index is 12.1. The van der Waals surface area contributed by atoms with Gasteiger partial charge in [-0.15, -0.1) is 24.8 Å². The summed E-state index contributed by atoms with van der Waals surface area (Å²) in [4.78, 5) is 7.10. The molecule has 4 rings (SSSR count). The Morgan fingerprint density at radius 1 is 1.08 bits per heavy atom. The van der Waals surface area contributed by atoms with Crippen molar-refractivity contribution in [1.29, 1.82) is 0 Å². The minimum Gasteiger partial charge on any atom is -0.633 e. The Bertz CT molecular complexity index is 816. The molecule has 8 heteroatoms. The number of halogens is 3. The van der Waals surface area contributed by atoms with Crippen molar-refractivity contribution < 1.29 is 4.65 Å². The molecule has 1 fully saturated rings. The van der Waals surface area contributed by atoms with Crippen LogP contribution in [0.3, 0.4) is 0 Å². The summed E-state index contributed by atoms with van der Waals surface area (Å²) >= 11 is 6.16. The lowest BCUT2D eigenvalue weighted by atomic mass is 10.1. The van der Waals surface area contributed by atoms with Gasteiger partial charge in [-0.05, 0) is 30.3 Å². The highest BCUT2D eigenvalue weighted by Crippen LogP contribution is 2.36. The number of amidine groups is 1. The lowest BCUT2D eigenvalue weighted by Crippen LogP contribution is -2.55. The molecule has 2 aromatic rings. The Morgan fingerprint density at radius 2 is 1.77 bits per heavy atom. The number of para-hydroxylation sites is 1. The number of rotatable bonds is 0. The summed E-state index contributed by atoms with van der Waals surface area (Å²) in [5, 5.41) is 16.3. The number of aliphatic imine (C=N–C) groups is 1. The zero-order chi connectivity index (χ0) is 16.7. The van der Waals surface area contributed by atoms with Crippen LogP contribution in [-0.2, 0) is 0 Å². The minimum absolute atomic E-state index is 0. The lowest BCUT2D eigenvalue weighted by molar-refractivity contribution is -0.864. The third-order valence-electron chi connectivity index (χ3n) is 4.61. The van der Waals surface area contributed by atoms with Crippen LogP contribution in [0, 0.1) is 5.21 Å². The van der Waals surface area contributed by atoms with E-state index >= 15 is 0 Å². The van der Waals surface area contributed by atoms with E-state index in [-0.39, 0.29) is 29.5 Å². The molecule has 0 aromatic heterocycles. The zero-order valence-electron chi connectivity index (χ0n) is 14.3. The fraction of sp³-hybridized carbons (Fsp3) is 0.278. The van der Waals surface area contributed by atoms with Gasteiger partial charge in [-0.1, -0.05) is 23.7 Å². The molecule has 5 nitrogen and oxygen atoms in total. The Kier molecular flexibility index (Phi) is 6.42. The van der Waals surface area contributed by atoms with Crippen LogP contribution in [0.2, 0.25) is 5.02 Å². The van der Waals surface area contributed by atoms with Gasteiger partial charge < -0.3 is 20.1 Å². The minimum atomic E-state index is -0.188. The fourth-order valence-corrected chi connectivity index (χ4v) is 3.32. The average molecular weight is 416 g/mol. The lowest BCUT2D eigenvalue weighted by Gasteiger charge is -2.46. The number of piperazine rings is 1. The van der Waals surface area contributed by atoms with E-state index in [4.69, 9.17) is 16.6 Å². The van der Waals surface area contributed by atoms with Gasteiger partial charge in [-0.25, -0.2) is 4.99 Å². The van der Waals surface area contributed by atoms with E-state index in [9.17, 15) is 5.21 Å². The molecule has 0 saturated carbocycles. The van der Waals surface area contributed by atoms with Gasteiger partial charge in [-0.3, -0.25) is 0 Å². The smallest absolute Gasteiger partial charge is 0.139 e. The van der Waals surface area contributed by atoms with Gasteiger partial charge >= 0.3 is 0 Å². The molecular weight excluding hydrogens is 395 g/mol. The summed E-state index contributed by atoms with van der Waals surface area (Å²) < 4.78 is -0.188. The van der Waals surface area contributed by atoms with E-state index in [2.05, 4.69) is 16.3 Å². The van der Waals surface area contributed by atoms with Gasteiger partial charge in [0.2, 0.25) is 0 Å². The Hall–Kier alpha value is -1.50. The van der Waals surface area contributed by atoms with E-state index in [1.165, 1.54) is 0 Å². The quantitative estimate of drug-likeness (QED) is 0.506. The number of likely N-dealkylation sites (N-methyl/N-ethyl adjacent to an activating group) is 1. The number of anilines is 2. The molecule has 2 aliphatic heterocycles. The van der Waals surface area contributed by atoms with Gasteiger partial charge in [-0.2, -0.15) is 0 Å². The zero-order valence-corrected chi connectivity index (χ0v) is 16.7. The highest BCUT2D eigenvalue weighted by Gasteiger charge is 2.27. The first kappa shape index (κ1) is 20.8. The number of quaternary nitrogens is 1. The largest absolute Gasteiger partial charge is 0.633 e. The van der Waals surface area contributed by atoms with Gasteiger partial charge in [0, 0.05) is 16.3 Å². The molecule has 26 heavy (non-hydrogen) atoms. The number of nitrogens with one attached hydrogen (secondary N) is 1. The molecular formula is C18H21Cl3N4O. The van der Waals surface area contributed by atoms with E-state index in [0.717, 1.165) is 28.5 Å². The summed E-state index contributed by atoms with van der Waals surface area (Å²) in [5.74, 6) is 0.902. The molecule has 0 unspecified atom stereocenters. The van der Waals surface area contributed by atoms with Crippen molar-refractivity contribution in [3.05, 3.63) is 58.3 Å². The number of hydroxylamine groups is 3. The monoisotopic (exact) mass is 414 g/mol. The van der Waals surface area contributed by atoms with Crippen LogP contribution < -0.4 is 5.32 Å². The second-order valence-electron chi connectivity index (χ2n) is 6.50. The first-order valence-corrected chi connectivity index (χ1v) is 8.45. The maximum Gasteiger partial charge on any atom is 0.139 e. The van der Waals surface area contributed by atoms with Gasteiger partial charge in [0.25, 0.3) is 0 Å². The van der Waals surface area contributed by atoms with Gasteiger partial charge in [0.1, 0.15) is 5.84 Å². The molecule has 0 aliphatic carbocycles. The normalized spacial score (nSPS) is 17.3. The van der Waals surface area contributed by atoms with Gasteiger partial charge in [0.15, 0.2) is 0 Å². The first-order valence-electron chi connectivity index (χ1n) is 8.07. The molecule has 0 spiro atoms. The predicted molar refractivity (Wildman–Crippen MR) is 113 cm³/mol. The highest BCUT2D eigenvalue weighted by atomic mass is 35.5. The summed E-state index contributed by atoms with van der Waals surface area (Å²) in [5.41, 5.74) is 3.82. The second kappa shape index (κ2) is 8.03. The van der Waals surface area contributed by atoms with Gasteiger partial charge in [0.05, 0.1) is 44.6 Å². The fourth-order valence-electron chi connectivity index (χ4n) is 3.15. The first-order chi connectivity index (χ1) is 11.5. The van der Waals surface area contributed by atoms with Crippen LogP contribution in [0.4, 0.5) is 17.1 Å². The van der Waals surface area contributed by atoms with Crippen molar-refractivity contribution >= 4 is 59.3 Å². The summed E-state index contributed by atoms with van der Waals surface area (Å²) in [6.07, 6.45) is 0. The standard InChI is InChI=1S/C18H19ClN4O.2ClH/c1-23(24)10-8-22(9-11-23)18-14-4-2-3-5-15(14)20-16-7-6-13(19)12-17(16)21-18;;/h2-7,12,20H,8-11H2,1H3;2*1H. The molecule has 140 valence electrons. The van der Waals surface area contributed by atoms with Crippen LogP contribution in [0.15, 0.2) is 47.5 Å². The number of hydrogen-bond donors (Lipinski definition) is 1. The van der Waals surface area contributed by atoms with Crippen molar-refractivity contribution in [2.75, 3.05) is 38.5 Å². The van der Waals surface area contributed by atoms with Crippen LogP contribution in [0.1, 0.15) is 5.56 Å². The molecule has 2 heterocycles. The Morgan fingerprint density at radius 3 is 2.50 bits per heavy atom. The third kappa shape index (κ3) is 4.08. The molecule has 2 aliphatic rings. The second-order valence-corrected chi connectivity index (χ2v) is 6.93. The topological polar surface area (TPSA) is 50.7 Å². The average Bonchev–Trinajstić information content (AvgIpc) is 2.71. The van der Waals surface area contributed by atoms with E-state index < -0.39 is 0 Å². The number of benzene rings is 2. The van der Waals surface area contributed by atoms with E-state index in [1.54, 1.807) is 7.05 Å². The molecule has 0 bridgehead atoms. The van der Waals surface area contributed by atoms with Crippen molar-refractivity contribution in [2.45, 2.75) is 0 Å². The highest BCUT2D eigenvalue weighted by molar-refractivity contribution is 6.31. The van der Waals surface area contributed by atoms with Crippen LogP contribution in [0.25, 0.3) is 0 Å². The van der Waals surface area contributed by atoms with Crippen molar-refractivity contribution in [3.63, 3.8) is 0 Å². The Balaban J connectivity index is 0.00000121. The third-order valence-corrected chi connectivity index (χ3v) is 4.84. The number of nitrogens with zero attached hydrogens (tertiary/aromatic N) is 3. The number of hydrogen-bond acceptors (Lipinski definition) is 4. The van der Waals surface area contributed by atoms with Crippen molar-refractivity contribution in [1.82, 2.24) is 4.90 Å². The summed E-state index contributed by atoms with van der Waals surface area (Å²) in [6.45, 7) is 2.53. The summed E-state index contributed by atoms with van der Waals surface area (Å²) in [7, 11) is 1.73. The molecule has 0 atom stereocenters. The van der Waals surface area contributed by atoms with Crippen LogP contribution >= 0.6 is 36.4 Å². The maximum atomic E-state index is 12.1. The van der Waals surface area contributed by atoms with E-state index in [1.807, 2.05) is 36.4 Å². The van der Waals surface area contributed by atoms with Crippen LogP contribution in [-0.4, -0.2) is 48.6 Å². The SMILES string of the molecule is C[N+]1([O-])CCN(C2=Nc3cc(Cl)ccc3Nc3ccccc32)CC1.Cl.Cl. The Labute approximate surface area is 170 Å². The number of fused-ring (bicyclic) bond motifs is 2. The summed E-state index contributed by atoms with van der Waals surface area (Å²) in [6, 6.07) is 13.8. The molecule has 2 aromatic carbocycles. The van der Waals surface area contributed by atoms with Crippen molar-refractivity contribution in [3.8, 4) is 0 Å². The molecule has 1 N–H and O–H groups in total. The van der Waals surface area contributed by atoms with Crippen molar-refractivity contribution in [2.24, 2.45) is 4.99 Å². The molecule has 0 amide bonds.